The van der Waals surface area contributed by atoms with Gasteiger partial charge < -0.3 is 15.2 Å². The maximum Gasteiger partial charge on any atom is 0.180 e. The first-order valence-corrected chi connectivity index (χ1v) is 9.64. The molecule has 0 heterocycles. The van der Waals surface area contributed by atoms with E-state index < -0.39 is 0 Å². The maximum absolute atomic E-state index is 5.93. The van der Waals surface area contributed by atoms with E-state index >= 15 is 0 Å². The lowest BCUT2D eigenvalue weighted by Crippen LogP contribution is -2.06. The second-order valence-corrected chi connectivity index (χ2v) is 6.59. The number of nitrogens with two attached hydrogens (primary N) is 1. The van der Waals surface area contributed by atoms with Crippen molar-refractivity contribution >= 4 is 23.1 Å². The van der Waals surface area contributed by atoms with E-state index in [1.54, 1.807) is 13.3 Å². The Labute approximate surface area is 165 Å². The summed E-state index contributed by atoms with van der Waals surface area (Å²) in [6.07, 6.45) is 4.15. The van der Waals surface area contributed by atoms with Gasteiger partial charge in [-0.3, -0.25) is 0 Å². The molecule has 2 rings (SSSR count). The first kappa shape index (κ1) is 20.6. The van der Waals surface area contributed by atoms with Crippen LogP contribution in [0.2, 0.25) is 0 Å². The van der Waals surface area contributed by atoms with E-state index in [4.69, 9.17) is 15.2 Å². The molecule has 0 bridgehead atoms. The highest BCUT2D eigenvalue weighted by Crippen LogP contribution is 2.33. The zero-order valence-corrected chi connectivity index (χ0v) is 16.5. The Morgan fingerprint density at radius 2 is 2.04 bits per heavy atom. The van der Waals surface area contributed by atoms with Crippen molar-refractivity contribution in [2.45, 2.75) is 19.1 Å². The molecule has 142 valence electrons. The number of nitrogens with zero attached hydrogens (tertiary/aromatic N) is 2. The van der Waals surface area contributed by atoms with Crippen molar-refractivity contribution in [1.29, 1.82) is 0 Å². The molecule has 0 aliphatic rings. The van der Waals surface area contributed by atoms with Gasteiger partial charge >= 0.3 is 0 Å². The molecule has 0 unspecified atom stereocenters. The van der Waals surface area contributed by atoms with Crippen molar-refractivity contribution in [3.8, 4) is 11.5 Å². The summed E-state index contributed by atoms with van der Waals surface area (Å²) >= 11 is 1.45. The van der Waals surface area contributed by atoms with E-state index in [2.05, 4.69) is 28.9 Å². The number of thioether (sulfide) groups is 1. The SMILES string of the molecule is C=CCc1cc(C=NN=C(N)SCc2ccccc2)cc(OCC)c1OC. The molecule has 2 aromatic carbocycles. The summed E-state index contributed by atoms with van der Waals surface area (Å²) in [4.78, 5) is 0. The molecule has 0 spiro atoms. The number of benzene rings is 2. The van der Waals surface area contributed by atoms with Crippen LogP contribution in [-0.2, 0) is 12.2 Å². The molecule has 0 amide bonds. The highest BCUT2D eigenvalue weighted by Gasteiger charge is 2.11. The van der Waals surface area contributed by atoms with Gasteiger partial charge in [-0.25, -0.2) is 0 Å². The van der Waals surface area contributed by atoms with Crippen LogP contribution in [-0.4, -0.2) is 25.1 Å². The highest BCUT2D eigenvalue weighted by atomic mass is 32.2. The van der Waals surface area contributed by atoms with Gasteiger partial charge in [-0.15, -0.1) is 11.7 Å². The molecule has 0 fully saturated rings. The first-order chi connectivity index (χ1) is 13.2. The van der Waals surface area contributed by atoms with Crippen molar-refractivity contribution in [3.05, 3.63) is 71.8 Å². The van der Waals surface area contributed by atoms with Gasteiger partial charge in [0.05, 0.1) is 19.9 Å². The van der Waals surface area contributed by atoms with Gasteiger partial charge in [0.15, 0.2) is 16.7 Å². The molecule has 27 heavy (non-hydrogen) atoms. The van der Waals surface area contributed by atoms with E-state index in [0.29, 0.717) is 23.9 Å². The lowest BCUT2D eigenvalue weighted by molar-refractivity contribution is 0.309. The third kappa shape index (κ3) is 6.49. The van der Waals surface area contributed by atoms with Crippen LogP contribution in [0.1, 0.15) is 23.6 Å². The van der Waals surface area contributed by atoms with Crippen molar-refractivity contribution in [2.75, 3.05) is 13.7 Å². The molecule has 0 radical (unpaired) electrons. The fraction of sp³-hybridized carbons (Fsp3) is 0.238. The average Bonchev–Trinajstić information content (AvgIpc) is 2.68. The number of methoxy groups -OCH3 is 1. The van der Waals surface area contributed by atoms with E-state index in [-0.39, 0.29) is 0 Å². The molecule has 5 nitrogen and oxygen atoms in total. The van der Waals surface area contributed by atoms with Gasteiger partial charge in [-0.2, -0.15) is 5.10 Å². The quantitative estimate of drug-likeness (QED) is 0.301. The van der Waals surface area contributed by atoms with Crippen molar-refractivity contribution in [1.82, 2.24) is 0 Å². The molecule has 0 saturated carbocycles. The average molecular weight is 384 g/mol. The number of hydrogen-bond acceptors (Lipinski definition) is 5. The number of allylic oxidation sites excluding steroid dienone is 1. The normalized spacial score (nSPS) is 11.6. The van der Waals surface area contributed by atoms with Gasteiger partial charge in [-0.1, -0.05) is 48.2 Å². The zero-order valence-electron chi connectivity index (χ0n) is 15.7. The minimum atomic E-state index is 0.417. The summed E-state index contributed by atoms with van der Waals surface area (Å²) < 4.78 is 11.2. The van der Waals surface area contributed by atoms with Crippen molar-refractivity contribution in [2.24, 2.45) is 15.9 Å². The Hall–Kier alpha value is -2.73. The van der Waals surface area contributed by atoms with Gasteiger partial charge in [0.2, 0.25) is 0 Å². The largest absolute Gasteiger partial charge is 0.493 e. The van der Waals surface area contributed by atoms with Crippen LogP contribution in [0.4, 0.5) is 0 Å². The maximum atomic E-state index is 5.93. The van der Waals surface area contributed by atoms with Crippen LogP contribution in [0.15, 0.2) is 65.3 Å². The molecule has 0 atom stereocenters. The summed E-state index contributed by atoms with van der Waals surface area (Å²) in [7, 11) is 1.63. The summed E-state index contributed by atoms with van der Waals surface area (Å²) in [6.45, 7) is 6.28. The monoisotopic (exact) mass is 383 g/mol. The fourth-order valence-electron chi connectivity index (χ4n) is 2.47. The predicted octanol–water partition coefficient (Wildman–Crippen LogP) is 4.40. The number of rotatable bonds is 9. The standard InChI is InChI=1S/C21H25N3O2S/c1-4-9-18-12-17(13-19(26-5-2)20(18)25-3)14-23-24-21(22)27-15-16-10-7-6-8-11-16/h4,6-8,10-14H,1,5,9,15H2,2-3H3,(H2,22,24). The van der Waals surface area contributed by atoms with Gasteiger partial charge in [0, 0.05) is 11.3 Å². The molecule has 0 aliphatic carbocycles. The predicted molar refractivity (Wildman–Crippen MR) is 115 cm³/mol. The van der Waals surface area contributed by atoms with Crippen LogP contribution < -0.4 is 15.2 Å². The summed E-state index contributed by atoms with van der Waals surface area (Å²) in [6, 6.07) is 14.0. The Kier molecular flexibility index (Phi) is 8.45. The molecule has 0 aromatic heterocycles. The van der Waals surface area contributed by atoms with E-state index in [9.17, 15) is 0 Å². The van der Waals surface area contributed by atoms with Crippen molar-refractivity contribution in [3.63, 3.8) is 0 Å². The van der Waals surface area contributed by atoms with Gasteiger partial charge in [-0.05, 0) is 36.6 Å². The van der Waals surface area contributed by atoms with Gasteiger partial charge in [0.1, 0.15) is 0 Å². The fourth-order valence-corrected chi connectivity index (χ4v) is 3.08. The summed E-state index contributed by atoms with van der Waals surface area (Å²) in [5, 5.41) is 8.59. The Morgan fingerprint density at radius 3 is 2.70 bits per heavy atom. The van der Waals surface area contributed by atoms with E-state index in [0.717, 1.165) is 22.6 Å². The molecular formula is C21H25N3O2S. The lowest BCUT2D eigenvalue weighted by atomic mass is 10.1. The smallest absolute Gasteiger partial charge is 0.180 e. The Morgan fingerprint density at radius 1 is 1.26 bits per heavy atom. The highest BCUT2D eigenvalue weighted by molar-refractivity contribution is 8.13. The van der Waals surface area contributed by atoms with Crippen LogP contribution in [0.25, 0.3) is 0 Å². The molecule has 2 N–H and O–H groups in total. The van der Waals surface area contributed by atoms with Crippen LogP contribution in [0, 0.1) is 0 Å². The van der Waals surface area contributed by atoms with Crippen LogP contribution >= 0.6 is 11.8 Å². The number of amidine groups is 1. The minimum absolute atomic E-state index is 0.417. The summed E-state index contributed by atoms with van der Waals surface area (Å²) in [5.74, 6) is 2.15. The number of ether oxygens (including phenoxy) is 2. The lowest BCUT2D eigenvalue weighted by Gasteiger charge is -2.14. The van der Waals surface area contributed by atoms with Crippen LogP contribution in [0.5, 0.6) is 11.5 Å². The molecule has 0 saturated heterocycles. The molecular weight excluding hydrogens is 358 g/mol. The van der Waals surface area contributed by atoms with Gasteiger partial charge in [0.25, 0.3) is 0 Å². The van der Waals surface area contributed by atoms with Crippen molar-refractivity contribution < 1.29 is 9.47 Å². The minimum Gasteiger partial charge on any atom is -0.493 e. The molecule has 6 heteroatoms. The van der Waals surface area contributed by atoms with E-state index in [1.165, 1.54) is 17.3 Å². The second kappa shape index (κ2) is 11.1. The third-order valence-electron chi connectivity index (χ3n) is 3.61. The Bertz CT molecular complexity index is 805. The topological polar surface area (TPSA) is 69.2 Å². The molecule has 2 aromatic rings. The second-order valence-electron chi connectivity index (χ2n) is 5.59. The zero-order chi connectivity index (χ0) is 19.5. The molecule has 0 aliphatic heterocycles. The third-order valence-corrected chi connectivity index (χ3v) is 4.47. The Balaban J connectivity index is 2.11. The van der Waals surface area contributed by atoms with Crippen LogP contribution in [0.3, 0.4) is 0 Å². The number of hydrogen-bond donors (Lipinski definition) is 1. The summed E-state index contributed by atoms with van der Waals surface area (Å²) in [5.41, 5.74) is 8.96. The van der Waals surface area contributed by atoms with E-state index in [1.807, 2.05) is 43.3 Å². The first-order valence-electron chi connectivity index (χ1n) is 8.65.